The summed E-state index contributed by atoms with van der Waals surface area (Å²) in [5.74, 6) is 0. The zero-order valence-electron chi connectivity index (χ0n) is 12.2. The van der Waals surface area contributed by atoms with Crippen LogP contribution in [0.25, 0.3) is 0 Å². The van der Waals surface area contributed by atoms with E-state index in [9.17, 15) is 0 Å². The summed E-state index contributed by atoms with van der Waals surface area (Å²) < 4.78 is 5.96. The minimum atomic E-state index is 0.251. The highest BCUT2D eigenvalue weighted by Gasteiger charge is 2.28. The molecule has 106 valence electrons. The van der Waals surface area contributed by atoms with Crippen LogP contribution in [-0.4, -0.2) is 54.8 Å². The van der Waals surface area contributed by atoms with E-state index in [1.165, 1.54) is 5.56 Å². The Morgan fingerprint density at radius 2 is 2.37 bits per heavy atom. The summed E-state index contributed by atoms with van der Waals surface area (Å²) in [5, 5.41) is 3.40. The van der Waals surface area contributed by atoms with Gasteiger partial charge in [0.2, 0.25) is 0 Å². The summed E-state index contributed by atoms with van der Waals surface area (Å²) in [6.07, 6.45) is 4.96. The number of nitrogens with zero attached hydrogens (tertiary/aromatic N) is 2. The molecule has 19 heavy (non-hydrogen) atoms. The zero-order chi connectivity index (χ0) is 13.7. The lowest BCUT2D eigenvalue weighted by Gasteiger charge is -2.39. The van der Waals surface area contributed by atoms with Gasteiger partial charge in [0.1, 0.15) is 0 Å². The summed E-state index contributed by atoms with van der Waals surface area (Å²) in [7, 11) is 2.01. The van der Waals surface area contributed by atoms with Crippen LogP contribution in [0.3, 0.4) is 0 Å². The van der Waals surface area contributed by atoms with E-state index in [4.69, 9.17) is 4.74 Å². The van der Waals surface area contributed by atoms with Crippen molar-refractivity contribution >= 4 is 0 Å². The van der Waals surface area contributed by atoms with Gasteiger partial charge in [0.05, 0.1) is 12.7 Å². The normalized spacial score (nSPS) is 22.6. The molecule has 1 aliphatic rings. The molecule has 2 rings (SSSR count). The molecule has 1 aromatic rings. The van der Waals surface area contributed by atoms with E-state index in [1.807, 2.05) is 25.5 Å². The van der Waals surface area contributed by atoms with E-state index in [0.29, 0.717) is 12.1 Å². The molecular weight excluding hydrogens is 238 g/mol. The van der Waals surface area contributed by atoms with Gasteiger partial charge in [-0.1, -0.05) is 6.07 Å². The molecule has 1 saturated heterocycles. The zero-order valence-corrected chi connectivity index (χ0v) is 12.2. The number of ether oxygens (including phenoxy) is 1. The molecule has 2 heterocycles. The third-order valence-electron chi connectivity index (χ3n) is 3.85. The van der Waals surface area contributed by atoms with Gasteiger partial charge in [-0.3, -0.25) is 9.88 Å². The molecule has 0 radical (unpaired) electrons. The Labute approximate surface area is 116 Å². The molecule has 1 N–H and O–H groups in total. The molecule has 1 fully saturated rings. The predicted molar refractivity (Wildman–Crippen MR) is 77.2 cm³/mol. The monoisotopic (exact) mass is 263 g/mol. The van der Waals surface area contributed by atoms with E-state index < -0.39 is 0 Å². The third-order valence-corrected chi connectivity index (χ3v) is 3.85. The lowest BCUT2D eigenvalue weighted by molar-refractivity contribution is -0.0541. The number of hydrogen-bond donors (Lipinski definition) is 1. The lowest BCUT2D eigenvalue weighted by Crippen LogP contribution is -2.53. The van der Waals surface area contributed by atoms with Gasteiger partial charge in [-0.15, -0.1) is 0 Å². The molecular formula is C15H25N3O. The molecule has 1 aliphatic heterocycles. The first-order chi connectivity index (χ1) is 9.20. The van der Waals surface area contributed by atoms with Gasteiger partial charge in [0.25, 0.3) is 0 Å². The smallest absolute Gasteiger partial charge is 0.0858 e. The van der Waals surface area contributed by atoms with Crippen molar-refractivity contribution in [1.29, 1.82) is 0 Å². The Balaban J connectivity index is 1.97. The number of pyridine rings is 1. The number of hydrogen-bond acceptors (Lipinski definition) is 4. The second kappa shape index (κ2) is 6.98. The van der Waals surface area contributed by atoms with E-state index >= 15 is 0 Å². The van der Waals surface area contributed by atoms with Crippen LogP contribution >= 0.6 is 0 Å². The van der Waals surface area contributed by atoms with Crippen LogP contribution in [0.5, 0.6) is 0 Å². The Morgan fingerprint density at radius 1 is 1.53 bits per heavy atom. The second-order valence-corrected chi connectivity index (χ2v) is 5.46. The van der Waals surface area contributed by atoms with Gasteiger partial charge < -0.3 is 10.1 Å². The Morgan fingerprint density at radius 3 is 3.00 bits per heavy atom. The SMILES string of the molecule is CNC(Cc1cccnc1)C1CN(C(C)C)CCO1. The molecule has 0 saturated carbocycles. The van der Waals surface area contributed by atoms with Crippen LogP contribution < -0.4 is 5.32 Å². The number of nitrogens with one attached hydrogen (secondary N) is 1. The number of morpholine rings is 1. The average molecular weight is 263 g/mol. The number of rotatable bonds is 5. The maximum Gasteiger partial charge on any atom is 0.0858 e. The summed E-state index contributed by atoms with van der Waals surface area (Å²) >= 11 is 0. The summed E-state index contributed by atoms with van der Waals surface area (Å²) in [4.78, 5) is 6.67. The van der Waals surface area contributed by atoms with Crippen molar-refractivity contribution in [3.05, 3.63) is 30.1 Å². The van der Waals surface area contributed by atoms with Crippen LogP contribution in [0.15, 0.2) is 24.5 Å². The molecule has 0 aliphatic carbocycles. The number of aromatic nitrogens is 1. The fourth-order valence-electron chi connectivity index (χ4n) is 2.60. The quantitative estimate of drug-likeness (QED) is 0.869. The highest BCUT2D eigenvalue weighted by atomic mass is 16.5. The Bertz CT molecular complexity index is 369. The van der Waals surface area contributed by atoms with E-state index in [-0.39, 0.29) is 6.10 Å². The van der Waals surface area contributed by atoms with Crippen LogP contribution in [0.1, 0.15) is 19.4 Å². The maximum atomic E-state index is 5.96. The van der Waals surface area contributed by atoms with Crippen LogP contribution in [0.2, 0.25) is 0 Å². The van der Waals surface area contributed by atoms with Crippen molar-refractivity contribution in [1.82, 2.24) is 15.2 Å². The van der Waals surface area contributed by atoms with Crippen molar-refractivity contribution in [3.63, 3.8) is 0 Å². The van der Waals surface area contributed by atoms with Gasteiger partial charge in [-0.25, -0.2) is 0 Å². The van der Waals surface area contributed by atoms with Crippen molar-refractivity contribution in [2.45, 2.75) is 38.5 Å². The van der Waals surface area contributed by atoms with Crippen molar-refractivity contribution in [2.24, 2.45) is 0 Å². The molecule has 1 aromatic heterocycles. The predicted octanol–water partition coefficient (Wildman–Crippen LogP) is 1.32. The summed E-state index contributed by atoms with van der Waals surface area (Å²) in [6, 6.07) is 5.04. The van der Waals surface area contributed by atoms with Gasteiger partial charge >= 0.3 is 0 Å². The van der Waals surface area contributed by atoms with Crippen LogP contribution in [-0.2, 0) is 11.2 Å². The Hall–Kier alpha value is -0.970. The standard InChI is InChI=1S/C15H25N3O/c1-12(2)18-7-8-19-15(11-18)14(16-3)9-13-5-4-6-17-10-13/h4-6,10,12,14-16H,7-9,11H2,1-3H3. The first kappa shape index (κ1) is 14.4. The van der Waals surface area contributed by atoms with Crippen LogP contribution in [0, 0.1) is 0 Å². The minimum Gasteiger partial charge on any atom is -0.374 e. The van der Waals surface area contributed by atoms with E-state index in [0.717, 1.165) is 26.1 Å². The minimum absolute atomic E-state index is 0.251. The molecule has 2 atom stereocenters. The molecule has 2 unspecified atom stereocenters. The molecule has 0 bridgehead atoms. The van der Waals surface area contributed by atoms with Crippen molar-refractivity contribution < 1.29 is 4.74 Å². The molecule has 4 heteroatoms. The number of likely N-dealkylation sites (N-methyl/N-ethyl adjacent to an activating group) is 1. The van der Waals surface area contributed by atoms with Gasteiger partial charge in [-0.2, -0.15) is 0 Å². The lowest BCUT2D eigenvalue weighted by atomic mass is 10.0. The largest absolute Gasteiger partial charge is 0.374 e. The van der Waals surface area contributed by atoms with E-state index in [2.05, 4.69) is 35.1 Å². The highest BCUT2D eigenvalue weighted by molar-refractivity contribution is 5.11. The summed E-state index contributed by atoms with van der Waals surface area (Å²) in [6.45, 7) is 7.37. The van der Waals surface area contributed by atoms with Gasteiger partial charge in [-0.05, 0) is 38.9 Å². The Kier molecular flexibility index (Phi) is 5.31. The van der Waals surface area contributed by atoms with E-state index in [1.54, 1.807) is 0 Å². The second-order valence-electron chi connectivity index (χ2n) is 5.46. The molecule has 0 spiro atoms. The fraction of sp³-hybridized carbons (Fsp3) is 0.667. The molecule has 0 amide bonds. The highest BCUT2D eigenvalue weighted by Crippen LogP contribution is 2.14. The summed E-state index contributed by atoms with van der Waals surface area (Å²) in [5.41, 5.74) is 1.26. The maximum absolute atomic E-state index is 5.96. The average Bonchev–Trinajstić information content (AvgIpc) is 2.46. The first-order valence-corrected chi connectivity index (χ1v) is 7.12. The molecule has 4 nitrogen and oxygen atoms in total. The van der Waals surface area contributed by atoms with Crippen molar-refractivity contribution in [3.8, 4) is 0 Å². The topological polar surface area (TPSA) is 37.4 Å². The third kappa shape index (κ3) is 4.00. The first-order valence-electron chi connectivity index (χ1n) is 7.12. The van der Waals surface area contributed by atoms with Crippen molar-refractivity contribution in [2.75, 3.05) is 26.7 Å². The van der Waals surface area contributed by atoms with Gasteiger partial charge in [0.15, 0.2) is 0 Å². The van der Waals surface area contributed by atoms with Crippen LogP contribution in [0.4, 0.5) is 0 Å². The fourth-order valence-corrected chi connectivity index (χ4v) is 2.60. The van der Waals surface area contributed by atoms with Gasteiger partial charge in [0, 0.05) is 37.6 Å². The molecule has 0 aromatic carbocycles.